The molecule has 0 fully saturated rings. The molecule has 5 heteroatoms. The Morgan fingerprint density at radius 1 is 1.62 bits per heavy atom. The number of aliphatic hydroxyl groups is 1. The second-order valence-electron chi connectivity index (χ2n) is 2.63. The molecule has 2 rings (SSSR count). The van der Waals surface area contributed by atoms with E-state index in [9.17, 15) is 5.11 Å². The summed E-state index contributed by atoms with van der Waals surface area (Å²) in [5.74, 6) is 0. The van der Waals surface area contributed by atoms with E-state index in [1.807, 2.05) is 12.1 Å². The second-order valence-corrected chi connectivity index (χ2v) is 3.69. The van der Waals surface area contributed by atoms with E-state index in [1.165, 1.54) is 11.3 Å². The number of aliphatic hydroxyl groups excluding tert-OH is 1. The summed E-state index contributed by atoms with van der Waals surface area (Å²) in [4.78, 5) is 8.23. The van der Waals surface area contributed by atoms with Gasteiger partial charge in [-0.1, -0.05) is 0 Å². The van der Waals surface area contributed by atoms with Crippen molar-refractivity contribution >= 4 is 21.7 Å². The van der Waals surface area contributed by atoms with Crippen LogP contribution in [0.25, 0.3) is 10.3 Å². The first-order valence-electron chi connectivity index (χ1n) is 3.91. The molecule has 0 saturated carbocycles. The normalized spacial score (nSPS) is 13.4. The molecule has 4 nitrogen and oxygen atoms in total. The molecule has 0 spiro atoms. The largest absolute Gasteiger partial charge is 0.385 e. The first-order chi connectivity index (χ1) is 6.31. The highest BCUT2D eigenvalue weighted by Gasteiger charge is 2.11. The average molecular weight is 195 g/mol. The van der Waals surface area contributed by atoms with Crippen LogP contribution in [-0.2, 0) is 0 Å². The first kappa shape index (κ1) is 8.55. The van der Waals surface area contributed by atoms with E-state index < -0.39 is 6.10 Å². The zero-order chi connectivity index (χ0) is 9.26. The summed E-state index contributed by atoms with van der Waals surface area (Å²) in [7, 11) is 0. The Morgan fingerprint density at radius 2 is 2.46 bits per heavy atom. The van der Waals surface area contributed by atoms with Crippen molar-refractivity contribution in [3.63, 3.8) is 0 Å². The van der Waals surface area contributed by atoms with Crippen LogP contribution in [0.5, 0.6) is 0 Å². The van der Waals surface area contributed by atoms with E-state index in [0.29, 0.717) is 10.7 Å². The number of nitrogens with two attached hydrogens (primary N) is 1. The van der Waals surface area contributed by atoms with Crippen LogP contribution in [-0.4, -0.2) is 21.6 Å². The van der Waals surface area contributed by atoms with Crippen LogP contribution in [0.15, 0.2) is 18.3 Å². The highest BCUT2D eigenvalue weighted by molar-refractivity contribution is 7.18. The lowest BCUT2D eigenvalue weighted by Gasteiger charge is -1.99. The number of hydrogen-bond donors (Lipinski definition) is 2. The van der Waals surface area contributed by atoms with Crippen LogP contribution in [0.4, 0.5) is 0 Å². The Kier molecular flexibility index (Phi) is 2.22. The highest BCUT2D eigenvalue weighted by atomic mass is 32.1. The standard InChI is InChI=1S/C8H9N3OS/c9-4-5(12)8-11-7-6(13-8)2-1-3-10-7/h1-3,5,12H,4,9H2. The molecular weight excluding hydrogens is 186 g/mol. The van der Waals surface area contributed by atoms with Crippen molar-refractivity contribution < 1.29 is 5.11 Å². The molecule has 0 aliphatic heterocycles. The van der Waals surface area contributed by atoms with E-state index in [-0.39, 0.29) is 6.54 Å². The van der Waals surface area contributed by atoms with Gasteiger partial charge < -0.3 is 10.8 Å². The number of fused-ring (bicyclic) bond motifs is 1. The molecule has 2 heterocycles. The molecule has 0 amide bonds. The zero-order valence-corrected chi connectivity index (χ0v) is 7.66. The van der Waals surface area contributed by atoms with Gasteiger partial charge in [-0.05, 0) is 12.1 Å². The third-order valence-electron chi connectivity index (χ3n) is 1.69. The highest BCUT2D eigenvalue weighted by Crippen LogP contribution is 2.23. The number of rotatable bonds is 2. The topological polar surface area (TPSA) is 72.0 Å². The first-order valence-corrected chi connectivity index (χ1v) is 4.72. The van der Waals surface area contributed by atoms with Gasteiger partial charge in [0, 0.05) is 12.7 Å². The van der Waals surface area contributed by atoms with Crippen LogP contribution in [0.2, 0.25) is 0 Å². The molecule has 0 radical (unpaired) electrons. The van der Waals surface area contributed by atoms with Gasteiger partial charge in [-0.2, -0.15) is 0 Å². The number of thiazole rings is 1. The van der Waals surface area contributed by atoms with Gasteiger partial charge >= 0.3 is 0 Å². The number of hydrogen-bond acceptors (Lipinski definition) is 5. The van der Waals surface area contributed by atoms with Gasteiger partial charge in [0.1, 0.15) is 11.1 Å². The van der Waals surface area contributed by atoms with E-state index in [1.54, 1.807) is 6.20 Å². The Bertz CT molecular complexity index is 381. The van der Waals surface area contributed by atoms with Crippen LogP contribution < -0.4 is 5.73 Å². The van der Waals surface area contributed by atoms with Crippen LogP contribution >= 0.6 is 11.3 Å². The maximum Gasteiger partial charge on any atom is 0.170 e. The molecule has 1 atom stereocenters. The molecule has 0 aliphatic rings. The number of nitrogens with zero attached hydrogens (tertiary/aromatic N) is 2. The maximum absolute atomic E-state index is 9.43. The molecule has 2 aromatic heterocycles. The van der Waals surface area contributed by atoms with Crippen molar-refractivity contribution in [1.29, 1.82) is 0 Å². The fourth-order valence-corrected chi connectivity index (χ4v) is 1.95. The lowest BCUT2D eigenvalue weighted by atomic mass is 10.4. The van der Waals surface area contributed by atoms with E-state index in [2.05, 4.69) is 9.97 Å². The van der Waals surface area contributed by atoms with Gasteiger partial charge in [0.25, 0.3) is 0 Å². The summed E-state index contributed by atoms with van der Waals surface area (Å²) in [5.41, 5.74) is 6.00. The lowest BCUT2D eigenvalue weighted by molar-refractivity contribution is 0.186. The molecule has 0 aliphatic carbocycles. The van der Waals surface area contributed by atoms with Gasteiger partial charge in [0.2, 0.25) is 0 Å². The second kappa shape index (κ2) is 3.37. The number of aromatic nitrogens is 2. The molecule has 0 aromatic carbocycles. The molecule has 68 valence electrons. The summed E-state index contributed by atoms with van der Waals surface area (Å²) < 4.78 is 0.977. The summed E-state index contributed by atoms with van der Waals surface area (Å²) in [5, 5.41) is 10.1. The lowest BCUT2D eigenvalue weighted by Crippen LogP contribution is -2.10. The maximum atomic E-state index is 9.43. The minimum atomic E-state index is -0.667. The van der Waals surface area contributed by atoms with Crippen molar-refractivity contribution in [1.82, 2.24) is 9.97 Å². The third kappa shape index (κ3) is 1.53. The average Bonchev–Trinajstić information content (AvgIpc) is 2.59. The fraction of sp³-hybridized carbons (Fsp3) is 0.250. The quantitative estimate of drug-likeness (QED) is 0.739. The number of pyridine rings is 1. The van der Waals surface area contributed by atoms with Gasteiger partial charge in [-0.15, -0.1) is 11.3 Å². The minimum Gasteiger partial charge on any atom is -0.385 e. The Labute approximate surface area is 79.1 Å². The molecule has 0 bridgehead atoms. The van der Waals surface area contributed by atoms with Gasteiger partial charge in [-0.3, -0.25) is 0 Å². The molecule has 13 heavy (non-hydrogen) atoms. The predicted octanol–water partition coefficient (Wildman–Crippen LogP) is 0.683. The Hall–Kier alpha value is -1.04. The van der Waals surface area contributed by atoms with Gasteiger partial charge in [0.15, 0.2) is 5.65 Å². The summed E-state index contributed by atoms with van der Waals surface area (Å²) in [6.45, 7) is 0.194. The fourth-order valence-electron chi connectivity index (χ4n) is 1.03. The van der Waals surface area contributed by atoms with E-state index in [0.717, 1.165) is 4.70 Å². The van der Waals surface area contributed by atoms with Crippen molar-refractivity contribution in [3.05, 3.63) is 23.3 Å². The van der Waals surface area contributed by atoms with Crippen molar-refractivity contribution in [2.24, 2.45) is 5.73 Å². The minimum absolute atomic E-state index is 0.194. The smallest absolute Gasteiger partial charge is 0.170 e. The third-order valence-corrected chi connectivity index (χ3v) is 2.80. The Morgan fingerprint density at radius 3 is 3.15 bits per heavy atom. The Balaban J connectivity index is 2.49. The molecule has 1 unspecified atom stereocenters. The van der Waals surface area contributed by atoms with Crippen molar-refractivity contribution in [2.75, 3.05) is 6.54 Å². The molecular formula is C8H9N3OS. The van der Waals surface area contributed by atoms with Crippen molar-refractivity contribution in [3.8, 4) is 0 Å². The van der Waals surface area contributed by atoms with Crippen LogP contribution in [0.3, 0.4) is 0 Å². The summed E-state index contributed by atoms with van der Waals surface area (Å²) in [6, 6.07) is 3.77. The van der Waals surface area contributed by atoms with Crippen LogP contribution in [0, 0.1) is 0 Å². The van der Waals surface area contributed by atoms with E-state index in [4.69, 9.17) is 5.73 Å². The van der Waals surface area contributed by atoms with Crippen molar-refractivity contribution in [2.45, 2.75) is 6.10 Å². The van der Waals surface area contributed by atoms with Crippen LogP contribution in [0.1, 0.15) is 11.1 Å². The zero-order valence-electron chi connectivity index (χ0n) is 6.84. The molecule has 3 N–H and O–H groups in total. The SMILES string of the molecule is NCC(O)c1nc2ncccc2s1. The van der Waals surface area contributed by atoms with E-state index >= 15 is 0 Å². The van der Waals surface area contributed by atoms with Gasteiger partial charge in [-0.25, -0.2) is 9.97 Å². The summed E-state index contributed by atoms with van der Waals surface area (Å²) in [6.07, 6.45) is 1.01. The monoisotopic (exact) mass is 195 g/mol. The van der Waals surface area contributed by atoms with Gasteiger partial charge in [0.05, 0.1) is 4.70 Å². The summed E-state index contributed by atoms with van der Waals surface area (Å²) >= 11 is 1.43. The molecule has 0 saturated heterocycles. The molecule has 2 aromatic rings. The predicted molar refractivity (Wildman–Crippen MR) is 51.4 cm³/mol.